The first-order chi connectivity index (χ1) is 9.19. The fourth-order valence-electron chi connectivity index (χ4n) is 1.65. The normalized spacial score (nSPS) is 14.6. The van der Waals surface area contributed by atoms with Crippen LogP contribution in [0.15, 0.2) is 24.3 Å². The first-order valence-electron chi connectivity index (χ1n) is 6.18. The maximum absolute atomic E-state index is 13.1. The third kappa shape index (κ3) is 5.66. The maximum Gasteiger partial charge on any atom is 0.237 e. The zero-order chi connectivity index (χ0) is 15.3. The van der Waals surface area contributed by atoms with Crippen molar-refractivity contribution in [3.8, 4) is 0 Å². The summed E-state index contributed by atoms with van der Waals surface area (Å²) in [4.78, 5) is 11.8. The summed E-state index contributed by atoms with van der Waals surface area (Å²) in [6, 6.07) is 4.58. The van der Waals surface area contributed by atoms with Crippen LogP contribution in [0.3, 0.4) is 0 Å². The minimum absolute atomic E-state index is 0.0561. The Hall–Kier alpha value is -1.47. The number of sulfone groups is 1. The van der Waals surface area contributed by atoms with Crippen LogP contribution >= 0.6 is 0 Å². The minimum atomic E-state index is -3.15. The van der Waals surface area contributed by atoms with E-state index in [0.717, 1.165) is 6.26 Å². The van der Waals surface area contributed by atoms with Crippen LogP contribution in [-0.4, -0.2) is 32.4 Å². The second-order valence-corrected chi connectivity index (χ2v) is 7.07. The van der Waals surface area contributed by atoms with E-state index in [-0.39, 0.29) is 18.0 Å². The van der Waals surface area contributed by atoms with Crippen molar-refractivity contribution in [1.29, 1.82) is 0 Å². The van der Waals surface area contributed by atoms with Crippen LogP contribution < -0.4 is 11.1 Å². The van der Waals surface area contributed by atoms with Gasteiger partial charge in [-0.25, -0.2) is 12.8 Å². The quantitative estimate of drug-likeness (QED) is 0.812. The number of halogens is 1. The molecular formula is C13H19FN2O3S. The Labute approximate surface area is 118 Å². The molecular weight excluding hydrogens is 283 g/mol. The highest BCUT2D eigenvalue weighted by Gasteiger charge is 2.18. The van der Waals surface area contributed by atoms with Crippen LogP contribution in [0.4, 0.5) is 4.39 Å². The smallest absolute Gasteiger partial charge is 0.237 e. The molecule has 0 aliphatic heterocycles. The van der Waals surface area contributed by atoms with E-state index < -0.39 is 27.8 Å². The van der Waals surface area contributed by atoms with Crippen molar-refractivity contribution in [2.75, 3.05) is 12.0 Å². The number of benzene rings is 1. The lowest BCUT2D eigenvalue weighted by atomic mass is 10.1. The second kappa shape index (κ2) is 6.81. The molecule has 1 rings (SSSR count). The standard InChI is InChI=1S/C13H19FN2O3S/c1-9(10-4-3-5-11(14)8-10)16-13(17)12(15)6-7-20(2,18)19/h3-5,8-9,12H,6-7,15H2,1-2H3,(H,16,17). The Morgan fingerprint density at radius 3 is 2.65 bits per heavy atom. The fraction of sp³-hybridized carbons (Fsp3) is 0.462. The van der Waals surface area contributed by atoms with Gasteiger partial charge in [0.25, 0.3) is 0 Å². The number of nitrogens with one attached hydrogen (secondary N) is 1. The fourth-order valence-corrected chi connectivity index (χ4v) is 2.33. The van der Waals surface area contributed by atoms with Crippen molar-refractivity contribution in [1.82, 2.24) is 5.32 Å². The van der Waals surface area contributed by atoms with E-state index >= 15 is 0 Å². The van der Waals surface area contributed by atoms with Crippen LogP contribution in [0.1, 0.15) is 24.9 Å². The van der Waals surface area contributed by atoms with Crippen molar-refractivity contribution >= 4 is 15.7 Å². The Balaban J connectivity index is 2.57. The SMILES string of the molecule is CC(NC(=O)C(N)CCS(C)(=O)=O)c1cccc(F)c1. The molecule has 2 unspecified atom stereocenters. The molecule has 0 spiro atoms. The molecule has 0 radical (unpaired) electrons. The summed E-state index contributed by atoms with van der Waals surface area (Å²) in [5.74, 6) is -0.981. The van der Waals surface area contributed by atoms with Crippen molar-refractivity contribution in [3.63, 3.8) is 0 Å². The van der Waals surface area contributed by atoms with Crippen molar-refractivity contribution < 1.29 is 17.6 Å². The summed E-state index contributed by atoms with van der Waals surface area (Å²) < 4.78 is 35.1. The summed E-state index contributed by atoms with van der Waals surface area (Å²) in [6.45, 7) is 1.70. The summed E-state index contributed by atoms with van der Waals surface area (Å²) >= 11 is 0. The van der Waals surface area contributed by atoms with Crippen molar-refractivity contribution in [2.24, 2.45) is 5.73 Å². The van der Waals surface area contributed by atoms with Gasteiger partial charge in [-0.2, -0.15) is 0 Å². The molecule has 2 atom stereocenters. The molecule has 1 amide bonds. The van der Waals surface area contributed by atoms with E-state index in [1.54, 1.807) is 19.1 Å². The minimum Gasteiger partial charge on any atom is -0.348 e. The van der Waals surface area contributed by atoms with Crippen LogP contribution in [0, 0.1) is 5.82 Å². The highest BCUT2D eigenvalue weighted by atomic mass is 32.2. The lowest BCUT2D eigenvalue weighted by Crippen LogP contribution is -2.42. The van der Waals surface area contributed by atoms with Gasteiger partial charge in [0.1, 0.15) is 15.7 Å². The molecule has 0 fully saturated rings. The van der Waals surface area contributed by atoms with Gasteiger partial charge in [-0.05, 0) is 31.0 Å². The average Bonchev–Trinajstić information content (AvgIpc) is 2.34. The van der Waals surface area contributed by atoms with Crippen molar-refractivity contribution in [2.45, 2.75) is 25.4 Å². The van der Waals surface area contributed by atoms with Crippen molar-refractivity contribution in [3.05, 3.63) is 35.6 Å². The third-order valence-electron chi connectivity index (χ3n) is 2.84. The van der Waals surface area contributed by atoms with Crippen LogP contribution in [0.25, 0.3) is 0 Å². The summed E-state index contributed by atoms with van der Waals surface area (Å²) in [6.07, 6.45) is 1.15. The maximum atomic E-state index is 13.1. The van der Waals surface area contributed by atoms with E-state index in [4.69, 9.17) is 5.73 Å². The second-order valence-electron chi connectivity index (χ2n) is 4.81. The zero-order valence-electron chi connectivity index (χ0n) is 11.5. The summed E-state index contributed by atoms with van der Waals surface area (Å²) in [5.41, 5.74) is 6.25. The number of hydrogen-bond acceptors (Lipinski definition) is 4. The monoisotopic (exact) mass is 302 g/mol. The van der Waals surface area contributed by atoms with Crippen LogP contribution in [0.2, 0.25) is 0 Å². The topological polar surface area (TPSA) is 89.3 Å². The number of nitrogens with two attached hydrogens (primary N) is 1. The molecule has 0 aliphatic rings. The van der Waals surface area contributed by atoms with E-state index in [0.29, 0.717) is 5.56 Å². The molecule has 0 heterocycles. The number of hydrogen-bond donors (Lipinski definition) is 2. The van der Waals surface area contributed by atoms with E-state index in [9.17, 15) is 17.6 Å². The first kappa shape index (κ1) is 16.6. The summed E-state index contributed by atoms with van der Waals surface area (Å²) in [7, 11) is -3.15. The lowest BCUT2D eigenvalue weighted by molar-refractivity contribution is -0.123. The molecule has 0 saturated heterocycles. The number of carbonyl (C=O) groups excluding carboxylic acids is 1. The molecule has 0 bridgehead atoms. The van der Waals surface area contributed by atoms with Crippen LogP contribution in [0.5, 0.6) is 0 Å². The van der Waals surface area contributed by atoms with Gasteiger partial charge < -0.3 is 11.1 Å². The Morgan fingerprint density at radius 2 is 2.10 bits per heavy atom. The molecule has 0 aromatic heterocycles. The molecule has 1 aromatic rings. The largest absolute Gasteiger partial charge is 0.348 e. The highest BCUT2D eigenvalue weighted by Crippen LogP contribution is 2.13. The van der Waals surface area contributed by atoms with Gasteiger partial charge in [0.15, 0.2) is 0 Å². The van der Waals surface area contributed by atoms with Gasteiger partial charge in [0, 0.05) is 6.26 Å². The van der Waals surface area contributed by atoms with Gasteiger partial charge in [0.05, 0.1) is 17.8 Å². The molecule has 112 valence electrons. The summed E-state index contributed by atoms with van der Waals surface area (Å²) in [5, 5.41) is 2.63. The van der Waals surface area contributed by atoms with Gasteiger partial charge >= 0.3 is 0 Å². The van der Waals surface area contributed by atoms with E-state index in [1.165, 1.54) is 12.1 Å². The lowest BCUT2D eigenvalue weighted by Gasteiger charge is -2.17. The molecule has 20 heavy (non-hydrogen) atoms. The van der Waals surface area contributed by atoms with Gasteiger partial charge in [-0.3, -0.25) is 4.79 Å². The van der Waals surface area contributed by atoms with Gasteiger partial charge in [0.2, 0.25) is 5.91 Å². The van der Waals surface area contributed by atoms with E-state index in [2.05, 4.69) is 5.32 Å². The van der Waals surface area contributed by atoms with Gasteiger partial charge in [-0.1, -0.05) is 12.1 Å². The Morgan fingerprint density at radius 1 is 1.45 bits per heavy atom. The van der Waals surface area contributed by atoms with Crippen LogP contribution in [-0.2, 0) is 14.6 Å². The van der Waals surface area contributed by atoms with Gasteiger partial charge in [-0.15, -0.1) is 0 Å². The Kier molecular flexibility index (Phi) is 5.64. The number of amides is 1. The first-order valence-corrected chi connectivity index (χ1v) is 8.24. The zero-order valence-corrected chi connectivity index (χ0v) is 12.3. The highest BCUT2D eigenvalue weighted by molar-refractivity contribution is 7.90. The molecule has 0 aliphatic carbocycles. The molecule has 3 N–H and O–H groups in total. The number of carbonyl (C=O) groups is 1. The average molecular weight is 302 g/mol. The molecule has 0 saturated carbocycles. The number of rotatable bonds is 6. The molecule has 5 nitrogen and oxygen atoms in total. The molecule has 7 heteroatoms. The predicted octanol–water partition coefficient (Wildman–Crippen LogP) is 0.765. The third-order valence-corrected chi connectivity index (χ3v) is 3.82. The predicted molar refractivity (Wildman–Crippen MR) is 75.3 cm³/mol. The molecule has 1 aromatic carbocycles. The Bertz CT molecular complexity index is 575. The van der Waals surface area contributed by atoms with E-state index in [1.807, 2.05) is 0 Å².